The molecule has 1 aromatic carbocycles. The van der Waals surface area contributed by atoms with Gasteiger partial charge in [0.25, 0.3) is 0 Å². The zero-order valence-electron chi connectivity index (χ0n) is 15.4. The maximum atomic E-state index is 9.92. The van der Waals surface area contributed by atoms with Gasteiger partial charge < -0.3 is 9.64 Å². The molecule has 142 valence electrons. The van der Waals surface area contributed by atoms with Crippen molar-refractivity contribution in [2.24, 2.45) is 0 Å². The van der Waals surface area contributed by atoms with Crippen molar-refractivity contribution in [1.82, 2.24) is 9.38 Å². The van der Waals surface area contributed by atoms with Crippen LogP contribution in [0.4, 0.5) is 5.82 Å². The number of ether oxygens (including phenoxy) is 1. The van der Waals surface area contributed by atoms with Crippen molar-refractivity contribution in [3.8, 4) is 29.5 Å². The highest BCUT2D eigenvalue weighted by atomic mass is 79.9. The van der Waals surface area contributed by atoms with E-state index in [1.54, 1.807) is 4.40 Å². The number of imidazole rings is 1. The van der Waals surface area contributed by atoms with Crippen LogP contribution >= 0.6 is 15.9 Å². The molecule has 7 nitrogen and oxygen atoms in total. The molecule has 0 N–H and O–H groups in total. The van der Waals surface area contributed by atoms with Crippen LogP contribution in [-0.2, 0) is 11.2 Å². The van der Waals surface area contributed by atoms with E-state index in [9.17, 15) is 15.8 Å². The number of hydrogen-bond donors (Lipinski definition) is 0. The average molecular weight is 447 g/mol. The lowest BCUT2D eigenvalue weighted by Crippen LogP contribution is -2.38. The Labute approximate surface area is 176 Å². The first-order valence-electron chi connectivity index (χ1n) is 9.01. The highest BCUT2D eigenvalue weighted by Gasteiger charge is 2.26. The SMILES string of the molecule is N#CCc1c(C#N)c(N2CCOCC2)n2cc(-c3ccc(Br)cc3)nc2c1C#N. The van der Waals surface area contributed by atoms with Crippen LogP contribution in [0.5, 0.6) is 0 Å². The highest BCUT2D eigenvalue weighted by Crippen LogP contribution is 2.33. The van der Waals surface area contributed by atoms with Crippen molar-refractivity contribution in [3.63, 3.8) is 0 Å². The van der Waals surface area contributed by atoms with Gasteiger partial charge in [-0.3, -0.25) is 4.40 Å². The molecule has 0 radical (unpaired) electrons. The van der Waals surface area contributed by atoms with Gasteiger partial charge in [0.15, 0.2) is 5.65 Å². The Morgan fingerprint density at radius 2 is 1.72 bits per heavy atom. The number of aromatic nitrogens is 2. The van der Waals surface area contributed by atoms with Crippen molar-refractivity contribution in [1.29, 1.82) is 15.8 Å². The molecular weight excluding hydrogens is 432 g/mol. The second-order valence-corrected chi connectivity index (χ2v) is 7.45. The molecule has 0 unspecified atom stereocenters. The van der Waals surface area contributed by atoms with Gasteiger partial charge in [0.2, 0.25) is 0 Å². The Balaban J connectivity index is 2.04. The summed E-state index contributed by atoms with van der Waals surface area (Å²) in [5, 5.41) is 29.1. The van der Waals surface area contributed by atoms with E-state index in [0.717, 1.165) is 10.0 Å². The Kier molecular flexibility index (Phi) is 5.18. The van der Waals surface area contributed by atoms with Crippen LogP contribution in [0.1, 0.15) is 16.7 Å². The summed E-state index contributed by atoms with van der Waals surface area (Å²) < 4.78 is 8.22. The molecule has 1 aliphatic heterocycles. The molecule has 3 aromatic rings. The van der Waals surface area contributed by atoms with Gasteiger partial charge in [-0.1, -0.05) is 28.1 Å². The second kappa shape index (κ2) is 7.93. The third-order valence-electron chi connectivity index (χ3n) is 4.91. The van der Waals surface area contributed by atoms with Crippen LogP contribution in [0.3, 0.4) is 0 Å². The molecule has 0 atom stereocenters. The van der Waals surface area contributed by atoms with E-state index in [1.165, 1.54) is 0 Å². The summed E-state index contributed by atoms with van der Waals surface area (Å²) in [7, 11) is 0. The second-order valence-electron chi connectivity index (χ2n) is 6.54. The summed E-state index contributed by atoms with van der Waals surface area (Å²) in [5.41, 5.74) is 3.09. The number of anilines is 1. The van der Waals surface area contributed by atoms with Gasteiger partial charge in [0.1, 0.15) is 23.5 Å². The molecular formula is C21H15BrN6O. The van der Waals surface area contributed by atoms with Gasteiger partial charge in [-0.15, -0.1) is 0 Å². The lowest BCUT2D eigenvalue weighted by molar-refractivity contribution is 0.122. The van der Waals surface area contributed by atoms with Crippen LogP contribution in [0, 0.1) is 34.0 Å². The third kappa shape index (κ3) is 3.32. The average Bonchev–Trinajstić information content (AvgIpc) is 3.18. The number of benzene rings is 1. The zero-order chi connectivity index (χ0) is 20.4. The fourth-order valence-corrected chi connectivity index (χ4v) is 3.83. The molecule has 1 saturated heterocycles. The molecule has 0 spiro atoms. The van der Waals surface area contributed by atoms with E-state index in [0.29, 0.717) is 54.6 Å². The van der Waals surface area contributed by atoms with Crippen molar-refractivity contribution < 1.29 is 4.74 Å². The monoisotopic (exact) mass is 446 g/mol. The van der Waals surface area contributed by atoms with Crippen molar-refractivity contribution in [3.05, 3.63) is 51.6 Å². The van der Waals surface area contributed by atoms with E-state index in [4.69, 9.17) is 9.72 Å². The summed E-state index contributed by atoms with van der Waals surface area (Å²) in [5.74, 6) is 0.658. The zero-order valence-corrected chi connectivity index (χ0v) is 17.0. The van der Waals surface area contributed by atoms with Gasteiger partial charge in [-0.25, -0.2) is 4.98 Å². The summed E-state index contributed by atoms with van der Waals surface area (Å²) in [6, 6.07) is 14.2. The predicted molar refractivity (Wildman–Crippen MR) is 110 cm³/mol. The van der Waals surface area contributed by atoms with Crippen LogP contribution in [0.2, 0.25) is 0 Å². The Bertz CT molecular complexity index is 1200. The molecule has 1 aliphatic rings. The summed E-state index contributed by atoms with van der Waals surface area (Å²) in [6.45, 7) is 2.34. The normalized spacial score (nSPS) is 13.7. The predicted octanol–water partition coefficient (Wildman–Crippen LogP) is 3.41. The minimum atomic E-state index is -0.0277. The number of fused-ring (bicyclic) bond motifs is 1. The van der Waals surface area contributed by atoms with E-state index < -0.39 is 0 Å². The van der Waals surface area contributed by atoms with Gasteiger partial charge in [0, 0.05) is 34.9 Å². The van der Waals surface area contributed by atoms with E-state index in [2.05, 4.69) is 39.0 Å². The molecule has 8 heteroatoms. The van der Waals surface area contributed by atoms with Crippen LogP contribution in [0.15, 0.2) is 34.9 Å². The summed E-state index contributed by atoms with van der Waals surface area (Å²) >= 11 is 3.43. The van der Waals surface area contributed by atoms with Crippen molar-refractivity contribution in [2.75, 3.05) is 31.2 Å². The number of nitriles is 3. The van der Waals surface area contributed by atoms with Crippen LogP contribution in [0.25, 0.3) is 16.9 Å². The number of morpholine rings is 1. The van der Waals surface area contributed by atoms with Crippen LogP contribution in [-0.4, -0.2) is 35.7 Å². The van der Waals surface area contributed by atoms with Gasteiger partial charge in [-0.2, -0.15) is 15.8 Å². The van der Waals surface area contributed by atoms with Gasteiger partial charge >= 0.3 is 0 Å². The molecule has 29 heavy (non-hydrogen) atoms. The first-order valence-corrected chi connectivity index (χ1v) is 9.81. The van der Waals surface area contributed by atoms with Crippen molar-refractivity contribution >= 4 is 27.4 Å². The largest absolute Gasteiger partial charge is 0.378 e. The summed E-state index contributed by atoms with van der Waals surface area (Å²) in [6.07, 6.45) is 1.82. The first kappa shape index (κ1) is 19.0. The number of nitrogens with zero attached hydrogens (tertiary/aromatic N) is 6. The number of halogens is 1. The molecule has 1 fully saturated rings. The third-order valence-corrected chi connectivity index (χ3v) is 5.44. The fraction of sp³-hybridized carbons (Fsp3) is 0.238. The minimum Gasteiger partial charge on any atom is -0.378 e. The molecule has 2 aromatic heterocycles. The molecule has 0 aliphatic carbocycles. The number of pyridine rings is 1. The topological polar surface area (TPSA) is 101 Å². The van der Waals surface area contributed by atoms with Crippen molar-refractivity contribution in [2.45, 2.75) is 6.42 Å². The molecule has 0 amide bonds. The Morgan fingerprint density at radius 1 is 1.03 bits per heavy atom. The lowest BCUT2D eigenvalue weighted by Gasteiger charge is -2.30. The quantitative estimate of drug-likeness (QED) is 0.610. The van der Waals surface area contributed by atoms with E-state index in [-0.39, 0.29) is 12.0 Å². The maximum Gasteiger partial charge on any atom is 0.157 e. The lowest BCUT2D eigenvalue weighted by atomic mass is 10.0. The number of rotatable bonds is 3. The minimum absolute atomic E-state index is 0.0277. The summed E-state index contributed by atoms with van der Waals surface area (Å²) in [4.78, 5) is 6.77. The fourth-order valence-electron chi connectivity index (χ4n) is 3.57. The van der Waals surface area contributed by atoms with Crippen LogP contribution < -0.4 is 4.90 Å². The Hall–Kier alpha value is -3.38. The first-order chi connectivity index (χ1) is 14.2. The van der Waals surface area contributed by atoms with Gasteiger partial charge in [-0.05, 0) is 12.1 Å². The highest BCUT2D eigenvalue weighted by molar-refractivity contribution is 9.10. The molecule has 0 bridgehead atoms. The molecule has 0 saturated carbocycles. The Morgan fingerprint density at radius 3 is 2.34 bits per heavy atom. The number of hydrogen-bond acceptors (Lipinski definition) is 6. The molecule has 4 rings (SSSR count). The maximum absolute atomic E-state index is 9.92. The van der Waals surface area contributed by atoms with E-state index >= 15 is 0 Å². The van der Waals surface area contributed by atoms with Gasteiger partial charge in [0.05, 0.1) is 37.0 Å². The standard InChI is InChI=1S/C21H15BrN6O/c22-15-3-1-14(2-4-15)19-13-28-20(26-19)17(11-24)16(5-6-23)18(12-25)21(28)27-7-9-29-10-8-27/h1-4,13H,5,7-10H2. The van der Waals surface area contributed by atoms with E-state index in [1.807, 2.05) is 30.5 Å². The smallest absolute Gasteiger partial charge is 0.157 e. The molecule has 3 heterocycles.